The Hall–Kier alpha value is -0.160. The second kappa shape index (κ2) is 7.49. The van der Waals surface area contributed by atoms with Crippen molar-refractivity contribution in [1.29, 1.82) is 0 Å². The molecule has 1 fully saturated rings. The second-order valence-corrected chi connectivity index (χ2v) is 3.09. The van der Waals surface area contributed by atoms with Gasteiger partial charge in [0.05, 0.1) is 6.67 Å². The van der Waals surface area contributed by atoms with Gasteiger partial charge in [-0.1, -0.05) is 6.42 Å². The minimum atomic E-state index is 0.849. The van der Waals surface area contributed by atoms with E-state index >= 15 is 0 Å². The zero-order valence-corrected chi connectivity index (χ0v) is 7.66. The highest BCUT2D eigenvalue weighted by Gasteiger charge is 1.92. The van der Waals surface area contributed by atoms with Crippen molar-refractivity contribution in [3.8, 4) is 0 Å². The minimum absolute atomic E-state index is 0.849. The molecule has 0 aliphatic carbocycles. The molecule has 4 N–H and O–H groups in total. The van der Waals surface area contributed by atoms with E-state index < -0.39 is 0 Å². The van der Waals surface area contributed by atoms with E-state index in [2.05, 4.69) is 21.5 Å². The van der Waals surface area contributed by atoms with Crippen LogP contribution in [0.3, 0.4) is 0 Å². The molecule has 0 aromatic carbocycles. The Morgan fingerprint density at radius 2 is 1.42 bits per heavy atom. The zero-order valence-electron chi connectivity index (χ0n) is 7.66. The maximum atomic E-state index is 3.39. The van der Waals surface area contributed by atoms with Gasteiger partial charge in [-0.15, -0.1) is 0 Å². The number of rotatable bonds is 0. The average molecular weight is 172 g/mol. The van der Waals surface area contributed by atoms with Crippen molar-refractivity contribution in [2.45, 2.75) is 19.3 Å². The first-order chi connectivity index (χ1) is 6.00. The van der Waals surface area contributed by atoms with E-state index in [1.807, 2.05) is 0 Å². The van der Waals surface area contributed by atoms with Crippen molar-refractivity contribution in [3.05, 3.63) is 0 Å². The molecule has 0 unspecified atom stereocenters. The minimum Gasteiger partial charge on any atom is -0.315 e. The lowest BCUT2D eigenvalue weighted by molar-refractivity contribution is 0.455. The predicted molar refractivity (Wildman–Crippen MR) is 50.7 cm³/mol. The van der Waals surface area contributed by atoms with Crippen LogP contribution in [0.25, 0.3) is 0 Å². The van der Waals surface area contributed by atoms with Gasteiger partial charge in [-0.05, 0) is 19.4 Å². The Labute approximate surface area is 74.5 Å². The normalized spacial score (nSPS) is 24.0. The van der Waals surface area contributed by atoms with Gasteiger partial charge in [-0.3, -0.25) is 5.43 Å². The molecule has 0 radical (unpaired) electrons. The molecule has 1 aliphatic rings. The van der Waals surface area contributed by atoms with E-state index in [9.17, 15) is 0 Å². The highest BCUT2D eigenvalue weighted by Crippen LogP contribution is 1.91. The summed E-state index contributed by atoms with van der Waals surface area (Å²) in [6.45, 7) is 5.19. The van der Waals surface area contributed by atoms with Gasteiger partial charge in [-0.25, -0.2) is 5.43 Å². The Balaban J connectivity index is 2.00. The van der Waals surface area contributed by atoms with Crippen LogP contribution in [0.4, 0.5) is 0 Å². The van der Waals surface area contributed by atoms with Crippen molar-refractivity contribution in [2.75, 3.05) is 32.8 Å². The summed E-state index contributed by atoms with van der Waals surface area (Å²) in [7, 11) is 0. The van der Waals surface area contributed by atoms with Crippen molar-refractivity contribution < 1.29 is 0 Å². The molecule has 0 spiro atoms. The van der Waals surface area contributed by atoms with E-state index in [1.54, 1.807) is 0 Å². The number of nitrogens with one attached hydrogen (secondary N) is 4. The average Bonchev–Trinajstić information content (AvgIpc) is 2.05. The van der Waals surface area contributed by atoms with E-state index in [0.29, 0.717) is 0 Å². The molecule has 4 heteroatoms. The molecule has 1 saturated heterocycles. The van der Waals surface area contributed by atoms with Crippen molar-refractivity contribution in [1.82, 2.24) is 21.5 Å². The van der Waals surface area contributed by atoms with Gasteiger partial charge in [0, 0.05) is 19.6 Å². The molecule has 1 rings (SSSR count). The molecule has 0 bridgehead atoms. The highest BCUT2D eigenvalue weighted by molar-refractivity contribution is 4.54. The third-order valence-corrected chi connectivity index (χ3v) is 1.97. The summed E-state index contributed by atoms with van der Waals surface area (Å²) >= 11 is 0. The topological polar surface area (TPSA) is 48.1 Å². The smallest absolute Gasteiger partial charge is 0.0590 e. The first-order valence-corrected chi connectivity index (χ1v) is 4.87. The molecule has 0 aromatic rings. The molecule has 0 amide bonds. The van der Waals surface area contributed by atoms with Gasteiger partial charge in [0.1, 0.15) is 0 Å². The number of hydrogen-bond donors (Lipinski definition) is 4. The van der Waals surface area contributed by atoms with Crippen molar-refractivity contribution in [2.24, 2.45) is 0 Å². The van der Waals surface area contributed by atoms with Gasteiger partial charge >= 0.3 is 0 Å². The predicted octanol–water partition coefficient (Wildman–Crippen LogP) is -0.599. The Bertz CT molecular complexity index is 54.0. The summed E-state index contributed by atoms with van der Waals surface area (Å²) in [5.41, 5.74) is 6.28. The molecular formula is C8H20N4. The molecular weight excluding hydrogens is 152 g/mol. The molecule has 0 saturated carbocycles. The van der Waals surface area contributed by atoms with E-state index in [1.165, 1.54) is 19.3 Å². The molecule has 72 valence electrons. The second-order valence-electron chi connectivity index (χ2n) is 3.09. The van der Waals surface area contributed by atoms with Crippen LogP contribution in [-0.4, -0.2) is 32.8 Å². The van der Waals surface area contributed by atoms with Crippen LogP contribution >= 0.6 is 0 Å². The SMILES string of the molecule is C1CCNCCNCNNCC1. The summed E-state index contributed by atoms with van der Waals surface area (Å²) < 4.78 is 0. The molecule has 1 heterocycles. The van der Waals surface area contributed by atoms with E-state index in [0.717, 1.165) is 32.8 Å². The zero-order chi connectivity index (χ0) is 8.49. The van der Waals surface area contributed by atoms with Crippen LogP contribution in [0, 0.1) is 0 Å². The van der Waals surface area contributed by atoms with Crippen molar-refractivity contribution in [3.63, 3.8) is 0 Å². The van der Waals surface area contributed by atoms with Crippen LogP contribution in [-0.2, 0) is 0 Å². The number of hydrazine groups is 1. The van der Waals surface area contributed by atoms with Crippen LogP contribution in [0.15, 0.2) is 0 Å². The van der Waals surface area contributed by atoms with E-state index in [4.69, 9.17) is 0 Å². The summed E-state index contributed by atoms with van der Waals surface area (Å²) in [5.74, 6) is 0. The molecule has 12 heavy (non-hydrogen) atoms. The molecule has 4 nitrogen and oxygen atoms in total. The maximum absolute atomic E-state index is 3.39. The lowest BCUT2D eigenvalue weighted by atomic mass is 10.2. The van der Waals surface area contributed by atoms with Crippen LogP contribution < -0.4 is 21.5 Å². The van der Waals surface area contributed by atoms with Crippen molar-refractivity contribution >= 4 is 0 Å². The first kappa shape index (κ1) is 9.92. The third-order valence-electron chi connectivity index (χ3n) is 1.97. The summed E-state index contributed by atoms with van der Waals surface area (Å²) in [6, 6.07) is 0. The van der Waals surface area contributed by atoms with Crippen LogP contribution in [0.1, 0.15) is 19.3 Å². The summed E-state index contributed by atoms with van der Waals surface area (Å²) in [5, 5.41) is 6.66. The third kappa shape index (κ3) is 5.49. The fraction of sp³-hybridized carbons (Fsp3) is 1.00. The molecule has 0 atom stereocenters. The van der Waals surface area contributed by atoms with Gasteiger partial charge in [-0.2, -0.15) is 0 Å². The number of hydrogen-bond acceptors (Lipinski definition) is 4. The Kier molecular flexibility index (Phi) is 6.19. The highest BCUT2D eigenvalue weighted by atomic mass is 15.4. The largest absolute Gasteiger partial charge is 0.315 e. The summed E-state index contributed by atoms with van der Waals surface area (Å²) in [4.78, 5) is 0. The summed E-state index contributed by atoms with van der Waals surface area (Å²) in [6.07, 6.45) is 3.87. The van der Waals surface area contributed by atoms with Gasteiger partial charge in [0.2, 0.25) is 0 Å². The fourth-order valence-electron chi connectivity index (χ4n) is 1.24. The Morgan fingerprint density at radius 3 is 2.42 bits per heavy atom. The Morgan fingerprint density at radius 1 is 0.583 bits per heavy atom. The molecule has 0 aromatic heterocycles. The van der Waals surface area contributed by atoms with Crippen LogP contribution in [0.5, 0.6) is 0 Å². The quantitative estimate of drug-likeness (QED) is 0.394. The first-order valence-electron chi connectivity index (χ1n) is 4.87. The molecule has 1 aliphatic heterocycles. The van der Waals surface area contributed by atoms with Crippen LogP contribution in [0.2, 0.25) is 0 Å². The van der Waals surface area contributed by atoms with E-state index in [-0.39, 0.29) is 0 Å². The van der Waals surface area contributed by atoms with Gasteiger partial charge in [0.15, 0.2) is 0 Å². The lowest BCUT2D eigenvalue weighted by Gasteiger charge is -2.11. The maximum Gasteiger partial charge on any atom is 0.0590 e. The van der Waals surface area contributed by atoms with Gasteiger partial charge < -0.3 is 10.6 Å². The fourth-order valence-corrected chi connectivity index (χ4v) is 1.24. The lowest BCUT2D eigenvalue weighted by Crippen LogP contribution is -2.42. The monoisotopic (exact) mass is 172 g/mol. The standard InChI is InChI=1S/C8H20N4/c1-2-4-9-6-7-10-8-12-11-5-3-1/h9-12H,1-8H2. The van der Waals surface area contributed by atoms with Gasteiger partial charge in [0.25, 0.3) is 0 Å².